The number of benzene rings is 1. The van der Waals surface area contributed by atoms with Gasteiger partial charge in [-0.2, -0.15) is 0 Å². The molecule has 1 aromatic carbocycles. The average molecular weight is 296 g/mol. The van der Waals surface area contributed by atoms with E-state index in [9.17, 15) is 4.79 Å². The number of nitrogens with one attached hydrogen (secondary N) is 1. The minimum absolute atomic E-state index is 0. The molecule has 0 saturated heterocycles. The topological polar surface area (TPSA) is 84.7 Å². The van der Waals surface area contributed by atoms with E-state index in [1.54, 1.807) is 24.4 Å². The Balaban J connectivity index is 0.00000112. The summed E-state index contributed by atoms with van der Waals surface area (Å²) in [5.74, 6) is -0.449. The minimum atomic E-state index is -0.449. The molecule has 5 nitrogen and oxygen atoms in total. The van der Waals surface area contributed by atoms with E-state index < -0.39 is 5.91 Å². The third kappa shape index (κ3) is 2.53. The molecule has 1 aromatic heterocycles. The molecule has 2 rings (SSSR count). The first kappa shape index (κ1) is 11.6. The van der Waals surface area contributed by atoms with Crippen molar-refractivity contribution in [3.8, 4) is 11.3 Å². The van der Waals surface area contributed by atoms with Crippen molar-refractivity contribution in [2.75, 3.05) is 0 Å². The Bertz CT molecular complexity index is 455. The van der Waals surface area contributed by atoms with Crippen LogP contribution in [0, 0.1) is 0 Å². The zero-order valence-electron chi connectivity index (χ0n) is 7.57. The summed E-state index contributed by atoms with van der Waals surface area (Å²) >= 11 is 0. The largest absolute Gasteiger partial charge is 0.366 e. The molecule has 0 atom stereocenters. The Morgan fingerprint density at radius 3 is 2.80 bits per heavy atom. The van der Waals surface area contributed by atoms with E-state index in [0.29, 0.717) is 11.3 Å². The zero-order chi connectivity index (χ0) is 9.97. The van der Waals surface area contributed by atoms with Crippen LogP contribution in [0.3, 0.4) is 0 Å². The fraction of sp³-hybridized carbons (Fsp3) is 0. The van der Waals surface area contributed by atoms with Crippen LogP contribution < -0.4 is 5.73 Å². The molecule has 0 aliphatic rings. The van der Waals surface area contributed by atoms with Crippen LogP contribution in [0.15, 0.2) is 30.5 Å². The molecule has 15 heavy (non-hydrogen) atoms. The molecule has 6 heteroatoms. The molecule has 0 bridgehead atoms. The van der Waals surface area contributed by atoms with Crippen LogP contribution in [0.1, 0.15) is 10.4 Å². The van der Waals surface area contributed by atoms with E-state index in [0.717, 1.165) is 5.56 Å². The fourth-order valence-electron chi connectivity index (χ4n) is 1.17. The molecule has 1 radical (unpaired) electrons. The average Bonchev–Trinajstić information content (AvgIpc) is 2.71. The van der Waals surface area contributed by atoms with Crippen LogP contribution in [0.4, 0.5) is 0 Å². The number of aromatic amines is 1. The predicted molar refractivity (Wildman–Crippen MR) is 50.3 cm³/mol. The van der Waals surface area contributed by atoms with Crippen LogP contribution in [-0.4, -0.2) is 21.3 Å². The van der Waals surface area contributed by atoms with Gasteiger partial charge in [0.05, 0.1) is 0 Å². The fourth-order valence-corrected chi connectivity index (χ4v) is 1.17. The molecule has 0 spiro atoms. The normalized spacial score (nSPS) is 9.33. The van der Waals surface area contributed by atoms with E-state index >= 15 is 0 Å². The van der Waals surface area contributed by atoms with Gasteiger partial charge in [0.2, 0.25) is 5.91 Å². The molecule has 0 unspecified atom stereocenters. The molecule has 2 aromatic rings. The number of nitrogens with two attached hydrogens (primary N) is 1. The first-order chi connectivity index (χ1) is 6.77. The molecule has 0 saturated carbocycles. The maximum absolute atomic E-state index is 10.9. The zero-order valence-corrected chi connectivity index (χ0v) is 9.05. The Labute approximate surface area is 102 Å². The number of H-pyrrole nitrogens is 1. The molecule has 1 amide bonds. The number of primary amides is 1. The van der Waals surface area contributed by atoms with Gasteiger partial charge in [0, 0.05) is 39.7 Å². The molecule has 0 aliphatic carbocycles. The number of amides is 1. The number of aromatic nitrogens is 3. The van der Waals surface area contributed by atoms with Crippen LogP contribution in [0.2, 0.25) is 0 Å². The van der Waals surface area contributed by atoms with Crippen molar-refractivity contribution in [2.24, 2.45) is 5.73 Å². The van der Waals surface area contributed by atoms with Gasteiger partial charge in [0.1, 0.15) is 5.69 Å². The maximum Gasteiger partial charge on any atom is 0.248 e. The maximum atomic E-state index is 10.9. The Morgan fingerprint density at radius 1 is 1.40 bits per heavy atom. The van der Waals surface area contributed by atoms with Crippen molar-refractivity contribution in [2.45, 2.75) is 0 Å². The van der Waals surface area contributed by atoms with Crippen molar-refractivity contribution in [3.63, 3.8) is 0 Å². The van der Waals surface area contributed by atoms with Crippen LogP contribution in [0.5, 0.6) is 0 Å². The first-order valence-electron chi connectivity index (χ1n) is 4.04. The van der Waals surface area contributed by atoms with E-state index in [2.05, 4.69) is 15.4 Å². The second-order valence-electron chi connectivity index (χ2n) is 2.80. The van der Waals surface area contributed by atoms with E-state index in [1.807, 2.05) is 6.07 Å². The third-order valence-electron chi connectivity index (χ3n) is 1.86. The van der Waals surface area contributed by atoms with Gasteiger partial charge in [-0.25, -0.2) is 0 Å². The van der Waals surface area contributed by atoms with Gasteiger partial charge >= 0.3 is 0 Å². The summed E-state index contributed by atoms with van der Waals surface area (Å²) in [5, 5.41) is 10.0. The second kappa shape index (κ2) is 4.88. The number of nitrogens with zero attached hydrogens (tertiary/aromatic N) is 2. The van der Waals surface area contributed by atoms with Gasteiger partial charge in [-0.1, -0.05) is 17.3 Å². The van der Waals surface area contributed by atoms with E-state index in [4.69, 9.17) is 5.73 Å². The smallest absolute Gasteiger partial charge is 0.248 e. The van der Waals surface area contributed by atoms with Gasteiger partial charge in [0.15, 0.2) is 0 Å². The summed E-state index contributed by atoms with van der Waals surface area (Å²) in [6.07, 6.45) is 1.65. The first-order valence-corrected chi connectivity index (χ1v) is 4.04. The SMILES string of the molecule is NC(=O)c1cccc(-c2c[nH]nn2)c1.[Ag]. The van der Waals surface area contributed by atoms with Crippen molar-refractivity contribution in [1.82, 2.24) is 15.4 Å². The van der Waals surface area contributed by atoms with E-state index in [1.165, 1.54) is 0 Å². The number of carbonyl (C=O) groups excluding carboxylic acids is 1. The van der Waals surface area contributed by atoms with Crippen molar-refractivity contribution >= 4 is 5.91 Å². The molecule has 0 fully saturated rings. The van der Waals surface area contributed by atoms with E-state index in [-0.39, 0.29) is 22.4 Å². The molecule has 0 aliphatic heterocycles. The monoisotopic (exact) mass is 295 g/mol. The third-order valence-corrected chi connectivity index (χ3v) is 1.86. The number of rotatable bonds is 2. The summed E-state index contributed by atoms with van der Waals surface area (Å²) in [4.78, 5) is 10.9. The summed E-state index contributed by atoms with van der Waals surface area (Å²) in [5.41, 5.74) is 7.12. The van der Waals surface area contributed by atoms with Crippen LogP contribution in [0.25, 0.3) is 11.3 Å². The van der Waals surface area contributed by atoms with Crippen LogP contribution >= 0.6 is 0 Å². The van der Waals surface area contributed by atoms with Gasteiger partial charge < -0.3 is 5.73 Å². The second-order valence-corrected chi connectivity index (χ2v) is 2.80. The summed E-state index contributed by atoms with van der Waals surface area (Å²) in [6.45, 7) is 0. The molecule has 3 N–H and O–H groups in total. The quantitative estimate of drug-likeness (QED) is 0.794. The summed E-state index contributed by atoms with van der Waals surface area (Å²) in [7, 11) is 0. The number of carbonyl (C=O) groups is 1. The summed E-state index contributed by atoms with van der Waals surface area (Å²) in [6, 6.07) is 6.93. The van der Waals surface area contributed by atoms with Crippen molar-refractivity contribution < 1.29 is 27.2 Å². The van der Waals surface area contributed by atoms with Crippen LogP contribution in [-0.2, 0) is 22.4 Å². The molecule has 1 heterocycles. The van der Waals surface area contributed by atoms with Gasteiger partial charge in [-0.15, -0.1) is 5.10 Å². The summed E-state index contributed by atoms with van der Waals surface area (Å²) < 4.78 is 0. The standard InChI is InChI=1S/C9H8N4O.Ag/c10-9(14)7-3-1-2-6(4-7)8-5-11-13-12-8;/h1-5H,(H2,10,14)(H,11,12,13);. The van der Waals surface area contributed by atoms with Crippen molar-refractivity contribution in [3.05, 3.63) is 36.0 Å². The molecule has 81 valence electrons. The number of hydrogen-bond acceptors (Lipinski definition) is 3. The Hall–Kier alpha value is -1.43. The Morgan fingerprint density at radius 2 is 2.20 bits per heavy atom. The Kier molecular flexibility index (Phi) is 3.79. The minimum Gasteiger partial charge on any atom is -0.366 e. The number of hydrogen-bond donors (Lipinski definition) is 2. The predicted octanol–water partition coefficient (Wildman–Crippen LogP) is 0.568. The van der Waals surface area contributed by atoms with Gasteiger partial charge in [0.25, 0.3) is 0 Å². The molecular weight excluding hydrogens is 288 g/mol. The molecular formula is C9H8AgN4O. The van der Waals surface area contributed by atoms with Gasteiger partial charge in [-0.3, -0.25) is 9.89 Å². The van der Waals surface area contributed by atoms with Crippen molar-refractivity contribution in [1.29, 1.82) is 0 Å². The van der Waals surface area contributed by atoms with Gasteiger partial charge in [-0.05, 0) is 12.1 Å².